The van der Waals surface area contributed by atoms with E-state index in [-0.39, 0.29) is 29.7 Å². The summed E-state index contributed by atoms with van der Waals surface area (Å²) in [6.45, 7) is 8.13. The van der Waals surface area contributed by atoms with E-state index in [2.05, 4.69) is 10.6 Å². The maximum Gasteiger partial charge on any atom is 0.222 e. The lowest BCUT2D eigenvalue weighted by atomic mass is 9.83. The largest absolute Gasteiger partial charge is 0.354 e. The fourth-order valence-corrected chi connectivity index (χ4v) is 2.64. The van der Waals surface area contributed by atoms with Gasteiger partial charge in [0.05, 0.1) is 0 Å². The quantitative estimate of drug-likeness (QED) is 0.786. The molecular formula is C16H30N2O2. The molecule has 2 N–H and O–H groups in total. The van der Waals surface area contributed by atoms with Gasteiger partial charge in [0.1, 0.15) is 0 Å². The summed E-state index contributed by atoms with van der Waals surface area (Å²) in [7, 11) is 0. The summed E-state index contributed by atoms with van der Waals surface area (Å²) >= 11 is 0. The maximum absolute atomic E-state index is 12.0. The molecule has 1 rings (SSSR count). The third-order valence-corrected chi connectivity index (χ3v) is 4.09. The van der Waals surface area contributed by atoms with E-state index >= 15 is 0 Å². The molecule has 0 aromatic rings. The van der Waals surface area contributed by atoms with Crippen molar-refractivity contribution in [2.75, 3.05) is 6.54 Å². The third kappa shape index (κ3) is 5.51. The van der Waals surface area contributed by atoms with Crippen molar-refractivity contribution in [1.82, 2.24) is 10.6 Å². The predicted octanol–water partition coefficient (Wildman–Crippen LogP) is 2.48. The fourth-order valence-electron chi connectivity index (χ4n) is 2.64. The first kappa shape index (κ1) is 17.0. The maximum atomic E-state index is 12.0. The molecule has 1 saturated carbocycles. The second-order valence-corrected chi connectivity index (χ2v) is 6.57. The summed E-state index contributed by atoms with van der Waals surface area (Å²) in [5.41, 5.74) is 0. The first-order valence-electron chi connectivity index (χ1n) is 8.00. The highest BCUT2D eigenvalue weighted by atomic mass is 16.2. The number of carbonyl (C=O) groups is 2. The van der Waals surface area contributed by atoms with Crippen molar-refractivity contribution in [3.63, 3.8) is 0 Å². The van der Waals surface area contributed by atoms with Gasteiger partial charge < -0.3 is 10.6 Å². The molecule has 1 unspecified atom stereocenters. The Labute approximate surface area is 123 Å². The molecule has 0 saturated heterocycles. The van der Waals surface area contributed by atoms with E-state index in [1.54, 1.807) is 0 Å². The van der Waals surface area contributed by atoms with Gasteiger partial charge >= 0.3 is 0 Å². The molecule has 1 atom stereocenters. The minimum atomic E-state index is -0.0121. The molecule has 4 nitrogen and oxygen atoms in total. The van der Waals surface area contributed by atoms with Gasteiger partial charge in [0, 0.05) is 24.4 Å². The molecule has 0 spiro atoms. The van der Waals surface area contributed by atoms with E-state index in [9.17, 15) is 9.59 Å². The highest BCUT2D eigenvalue weighted by Crippen LogP contribution is 2.26. The number of hydrogen-bond acceptors (Lipinski definition) is 2. The van der Waals surface area contributed by atoms with Crippen LogP contribution in [0.5, 0.6) is 0 Å². The minimum Gasteiger partial charge on any atom is -0.354 e. The Balaban J connectivity index is 2.58. The van der Waals surface area contributed by atoms with Crippen molar-refractivity contribution >= 4 is 11.8 Å². The summed E-state index contributed by atoms with van der Waals surface area (Å²) in [6, 6.07) is 0.0768. The van der Waals surface area contributed by atoms with Crippen molar-refractivity contribution in [1.29, 1.82) is 0 Å². The Kier molecular flexibility index (Phi) is 7.03. The van der Waals surface area contributed by atoms with E-state index in [0.717, 1.165) is 12.8 Å². The molecule has 2 amide bonds. The molecule has 20 heavy (non-hydrogen) atoms. The standard InChI is InChI=1S/C16H30N2O2/c1-11(2)15(19)17-10-14(18-16(20)12(3)4)13-8-6-5-7-9-13/h11-14H,5-10H2,1-4H3,(H,17,19)(H,18,20). The van der Waals surface area contributed by atoms with E-state index < -0.39 is 0 Å². The smallest absolute Gasteiger partial charge is 0.222 e. The monoisotopic (exact) mass is 282 g/mol. The number of hydrogen-bond donors (Lipinski definition) is 2. The van der Waals surface area contributed by atoms with E-state index in [4.69, 9.17) is 0 Å². The van der Waals surface area contributed by atoms with Crippen LogP contribution in [-0.4, -0.2) is 24.4 Å². The van der Waals surface area contributed by atoms with Gasteiger partial charge in [0.2, 0.25) is 11.8 Å². The van der Waals surface area contributed by atoms with Gasteiger partial charge in [-0.25, -0.2) is 0 Å². The third-order valence-electron chi connectivity index (χ3n) is 4.09. The van der Waals surface area contributed by atoms with Crippen molar-refractivity contribution in [2.24, 2.45) is 17.8 Å². The van der Waals surface area contributed by atoms with Crippen LogP contribution in [0.4, 0.5) is 0 Å². The fraction of sp³-hybridized carbons (Fsp3) is 0.875. The average Bonchev–Trinajstić information content (AvgIpc) is 2.43. The highest BCUT2D eigenvalue weighted by Gasteiger charge is 2.26. The predicted molar refractivity (Wildman–Crippen MR) is 81.2 cm³/mol. The second-order valence-electron chi connectivity index (χ2n) is 6.57. The molecule has 0 radical (unpaired) electrons. The molecule has 4 heteroatoms. The Morgan fingerprint density at radius 1 is 0.950 bits per heavy atom. The van der Waals surface area contributed by atoms with E-state index in [0.29, 0.717) is 12.5 Å². The zero-order chi connectivity index (χ0) is 15.1. The molecule has 0 aliphatic heterocycles. The first-order chi connectivity index (χ1) is 9.41. The lowest BCUT2D eigenvalue weighted by molar-refractivity contribution is -0.127. The van der Waals surface area contributed by atoms with Crippen LogP contribution >= 0.6 is 0 Å². The van der Waals surface area contributed by atoms with Crippen LogP contribution in [0.1, 0.15) is 59.8 Å². The van der Waals surface area contributed by atoms with Gasteiger partial charge in [-0.3, -0.25) is 9.59 Å². The van der Waals surface area contributed by atoms with Gasteiger partial charge in [-0.1, -0.05) is 47.0 Å². The summed E-state index contributed by atoms with van der Waals surface area (Å²) in [5, 5.41) is 6.10. The molecule has 116 valence electrons. The summed E-state index contributed by atoms with van der Waals surface area (Å²) in [4.78, 5) is 23.7. The summed E-state index contributed by atoms with van der Waals surface area (Å²) in [5.74, 6) is 0.618. The highest BCUT2D eigenvalue weighted by molar-refractivity contribution is 5.79. The SMILES string of the molecule is CC(C)C(=O)NCC(NC(=O)C(C)C)C1CCCCC1. The summed E-state index contributed by atoms with van der Waals surface area (Å²) < 4.78 is 0. The molecule has 1 fully saturated rings. The van der Waals surface area contributed by atoms with Gasteiger partial charge in [-0.2, -0.15) is 0 Å². The molecule has 1 aliphatic carbocycles. The topological polar surface area (TPSA) is 58.2 Å². The number of rotatable bonds is 6. The van der Waals surface area contributed by atoms with Gasteiger partial charge in [0.25, 0.3) is 0 Å². The number of amides is 2. The van der Waals surface area contributed by atoms with Crippen molar-refractivity contribution < 1.29 is 9.59 Å². The van der Waals surface area contributed by atoms with Gasteiger partial charge in [0.15, 0.2) is 0 Å². The second kappa shape index (κ2) is 8.28. The first-order valence-corrected chi connectivity index (χ1v) is 8.00. The van der Waals surface area contributed by atoms with Crippen LogP contribution in [0.3, 0.4) is 0 Å². The number of carbonyl (C=O) groups excluding carboxylic acids is 2. The Hall–Kier alpha value is -1.06. The lowest BCUT2D eigenvalue weighted by Crippen LogP contribution is -2.50. The van der Waals surface area contributed by atoms with Crippen LogP contribution in [0, 0.1) is 17.8 Å². The molecular weight excluding hydrogens is 252 g/mol. The lowest BCUT2D eigenvalue weighted by Gasteiger charge is -2.31. The molecule has 1 aliphatic rings. The molecule has 0 heterocycles. The van der Waals surface area contributed by atoms with Gasteiger partial charge in [-0.15, -0.1) is 0 Å². The van der Waals surface area contributed by atoms with Crippen LogP contribution in [-0.2, 0) is 9.59 Å². The van der Waals surface area contributed by atoms with Gasteiger partial charge in [-0.05, 0) is 18.8 Å². The van der Waals surface area contributed by atoms with Crippen molar-refractivity contribution in [2.45, 2.75) is 65.8 Å². The van der Waals surface area contributed by atoms with Crippen LogP contribution < -0.4 is 10.6 Å². The molecule has 0 bridgehead atoms. The zero-order valence-corrected chi connectivity index (χ0v) is 13.4. The normalized spacial score (nSPS) is 18.1. The Morgan fingerprint density at radius 3 is 2.00 bits per heavy atom. The van der Waals surface area contributed by atoms with Crippen molar-refractivity contribution in [3.05, 3.63) is 0 Å². The van der Waals surface area contributed by atoms with Crippen LogP contribution in [0.25, 0.3) is 0 Å². The number of nitrogens with one attached hydrogen (secondary N) is 2. The Morgan fingerprint density at radius 2 is 1.50 bits per heavy atom. The zero-order valence-electron chi connectivity index (χ0n) is 13.4. The van der Waals surface area contributed by atoms with E-state index in [1.807, 2.05) is 27.7 Å². The Bertz CT molecular complexity index is 320. The van der Waals surface area contributed by atoms with Crippen molar-refractivity contribution in [3.8, 4) is 0 Å². The average molecular weight is 282 g/mol. The van der Waals surface area contributed by atoms with Crippen LogP contribution in [0.2, 0.25) is 0 Å². The van der Waals surface area contributed by atoms with E-state index in [1.165, 1.54) is 19.3 Å². The van der Waals surface area contributed by atoms with Crippen LogP contribution in [0.15, 0.2) is 0 Å². The molecule has 0 aromatic heterocycles. The molecule has 0 aromatic carbocycles. The minimum absolute atomic E-state index is 0.0113. The summed E-state index contributed by atoms with van der Waals surface area (Å²) in [6.07, 6.45) is 6.06.